The highest BCUT2D eigenvalue weighted by atomic mass is 32.1. The molecule has 3 fully saturated rings. The Balaban J connectivity index is 1.72. The molecule has 0 aromatic rings. The van der Waals surface area contributed by atoms with Crippen LogP contribution in [0.5, 0.6) is 0 Å². The molecule has 3 saturated carbocycles. The largest absolute Gasteiger partial charge is 0.393 e. The van der Waals surface area contributed by atoms with E-state index < -0.39 is 0 Å². The Labute approximate surface area is 139 Å². The van der Waals surface area contributed by atoms with E-state index in [-0.39, 0.29) is 16.9 Å². The lowest BCUT2D eigenvalue weighted by Gasteiger charge is -2.57. The number of aliphatic hydroxyl groups excluding tert-OH is 1. The first-order chi connectivity index (χ1) is 10.5. The third kappa shape index (κ3) is 1.87. The molecule has 0 aliphatic heterocycles. The molecule has 4 aliphatic carbocycles. The van der Waals surface area contributed by atoms with Gasteiger partial charge in [0.15, 0.2) is 0 Å². The van der Waals surface area contributed by atoms with Crippen LogP contribution < -0.4 is 0 Å². The van der Waals surface area contributed by atoms with Gasteiger partial charge in [0.05, 0.1) is 6.10 Å². The van der Waals surface area contributed by atoms with Gasteiger partial charge in [-0.25, -0.2) is 0 Å². The van der Waals surface area contributed by atoms with Crippen molar-refractivity contribution in [2.45, 2.75) is 64.4 Å². The molecular formula is C19H28O2S. The lowest BCUT2D eigenvalue weighted by Crippen LogP contribution is -2.52. The van der Waals surface area contributed by atoms with Crippen LogP contribution in [0.1, 0.15) is 58.3 Å². The predicted octanol–water partition coefficient (Wildman–Crippen LogP) is 3.79. The minimum atomic E-state index is -0.155. The van der Waals surface area contributed by atoms with E-state index in [4.69, 9.17) is 12.6 Å². The van der Waals surface area contributed by atoms with Gasteiger partial charge in [0.25, 0.3) is 0 Å². The number of ketones is 1. The Kier molecular flexibility index (Phi) is 3.54. The summed E-state index contributed by atoms with van der Waals surface area (Å²) < 4.78 is 0. The SMILES string of the molecule is C[C@]12CC[C@H]3[C@@H](CC=C4CC(O)CC[C@@]43CS)[C@@H]1CCC2=O. The Morgan fingerprint density at radius 3 is 2.86 bits per heavy atom. The Morgan fingerprint density at radius 2 is 2.09 bits per heavy atom. The zero-order valence-corrected chi connectivity index (χ0v) is 14.4. The molecular weight excluding hydrogens is 292 g/mol. The Bertz CT molecular complexity index is 528. The number of hydrogen-bond donors (Lipinski definition) is 2. The summed E-state index contributed by atoms with van der Waals surface area (Å²) in [4.78, 5) is 12.4. The first-order valence-electron chi connectivity index (χ1n) is 9.03. The molecule has 3 heteroatoms. The van der Waals surface area contributed by atoms with Crippen LogP contribution in [-0.4, -0.2) is 22.7 Å². The number of aliphatic hydroxyl groups is 1. The van der Waals surface area contributed by atoms with Crippen LogP contribution >= 0.6 is 12.6 Å². The number of fused-ring (bicyclic) bond motifs is 5. The summed E-state index contributed by atoms with van der Waals surface area (Å²) in [6, 6.07) is 0. The highest BCUT2D eigenvalue weighted by molar-refractivity contribution is 7.80. The van der Waals surface area contributed by atoms with Crippen molar-refractivity contribution >= 4 is 18.4 Å². The molecule has 1 N–H and O–H groups in total. The van der Waals surface area contributed by atoms with Gasteiger partial charge in [-0.1, -0.05) is 18.6 Å². The molecule has 0 bridgehead atoms. The quantitative estimate of drug-likeness (QED) is 0.570. The molecule has 0 amide bonds. The summed E-state index contributed by atoms with van der Waals surface area (Å²) in [5.41, 5.74) is 1.65. The van der Waals surface area contributed by atoms with Gasteiger partial charge >= 0.3 is 0 Å². The summed E-state index contributed by atoms with van der Waals surface area (Å²) in [6.45, 7) is 2.24. The fourth-order valence-electron chi connectivity index (χ4n) is 6.50. The van der Waals surface area contributed by atoms with Crippen molar-refractivity contribution in [2.75, 3.05) is 5.75 Å². The van der Waals surface area contributed by atoms with E-state index in [9.17, 15) is 9.90 Å². The smallest absolute Gasteiger partial charge is 0.139 e. The van der Waals surface area contributed by atoms with Crippen molar-refractivity contribution < 1.29 is 9.90 Å². The van der Waals surface area contributed by atoms with E-state index in [1.165, 1.54) is 12.0 Å². The normalized spacial score (nSPS) is 50.9. The van der Waals surface area contributed by atoms with E-state index in [2.05, 4.69) is 13.0 Å². The average Bonchev–Trinajstić information content (AvgIpc) is 2.82. The number of carbonyl (C=O) groups excluding carboxylic acids is 1. The maximum absolute atomic E-state index is 12.4. The van der Waals surface area contributed by atoms with Crippen LogP contribution in [0.2, 0.25) is 0 Å². The number of carbonyl (C=O) groups is 1. The van der Waals surface area contributed by atoms with E-state index in [0.717, 1.165) is 50.7 Å². The van der Waals surface area contributed by atoms with Crippen LogP contribution in [0.15, 0.2) is 11.6 Å². The van der Waals surface area contributed by atoms with Crippen LogP contribution in [0.25, 0.3) is 0 Å². The van der Waals surface area contributed by atoms with E-state index in [0.29, 0.717) is 23.5 Å². The van der Waals surface area contributed by atoms with Crippen LogP contribution in [-0.2, 0) is 4.79 Å². The fourth-order valence-corrected chi connectivity index (χ4v) is 7.10. The van der Waals surface area contributed by atoms with Crippen molar-refractivity contribution in [1.29, 1.82) is 0 Å². The van der Waals surface area contributed by atoms with Crippen molar-refractivity contribution in [3.8, 4) is 0 Å². The minimum Gasteiger partial charge on any atom is -0.393 e. The molecule has 0 spiro atoms. The third-order valence-electron chi connectivity index (χ3n) is 7.79. The summed E-state index contributed by atoms with van der Waals surface area (Å²) >= 11 is 4.77. The molecule has 1 unspecified atom stereocenters. The second kappa shape index (κ2) is 5.11. The highest BCUT2D eigenvalue weighted by Gasteiger charge is 2.59. The van der Waals surface area contributed by atoms with Gasteiger partial charge in [-0.05, 0) is 68.5 Å². The second-order valence-electron chi connectivity index (χ2n) is 8.47. The van der Waals surface area contributed by atoms with E-state index in [1.807, 2.05) is 0 Å². The van der Waals surface area contributed by atoms with Gasteiger partial charge < -0.3 is 5.11 Å². The van der Waals surface area contributed by atoms with Gasteiger partial charge in [0.2, 0.25) is 0 Å². The van der Waals surface area contributed by atoms with Gasteiger partial charge in [-0.3, -0.25) is 4.79 Å². The number of Topliss-reactive ketones (excluding diaryl/α,β-unsaturated/α-hetero) is 1. The van der Waals surface area contributed by atoms with Crippen LogP contribution in [0.3, 0.4) is 0 Å². The van der Waals surface area contributed by atoms with Crippen LogP contribution in [0, 0.1) is 28.6 Å². The maximum atomic E-state index is 12.4. The molecule has 4 rings (SSSR count). The predicted molar refractivity (Wildman–Crippen MR) is 90.9 cm³/mol. The summed E-state index contributed by atoms with van der Waals surface area (Å²) in [5.74, 6) is 3.35. The molecule has 4 aliphatic rings. The molecule has 0 aromatic carbocycles. The van der Waals surface area contributed by atoms with Gasteiger partial charge in [-0.15, -0.1) is 0 Å². The zero-order valence-electron chi connectivity index (χ0n) is 13.6. The standard InChI is InChI=1S/C19H28O2S/c1-18-8-7-16-14(15(18)4-5-17(18)21)3-2-12-10-13(20)6-9-19(12,16)11-22/h2,13-16,20,22H,3-11H2,1H3/t13?,14-,15-,16-,18-,19+/m0/s1. The van der Waals surface area contributed by atoms with E-state index in [1.54, 1.807) is 0 Å². The van der Waals surface area contributed by atoms with Crippen molar-refractivity contribution in [2.24, 2.45) is 28.6 Å². The molecule has 22 heavy (non-hydrogen) atoms. The topological polar surface area (TPSA) is 37.3 Å². The first kappa shape index (κ1) is 15.3. The number of rotatable bonds is 1. The lowest BCUT2D eigenvalue weighted by atomic mass is 9.48. The van der Waals surface area contributed by atoms with E-state index >= 15 is 0 Å². The summed E-state index contributed by atoms with van der Waals surface area (Å²) in [7, 11) is 0. The number of allylic oxidation sites excluding steroid dienone is 1. The monoisotopic (exact) mass is 320 g/mol. The highest BCUT2D eigenvalue weighted by Crippen LogP contribution is 2.64. The maximum Gasteiger partial charge on any atom is 0.139 e. The fraction of sp³-hybridized carbons (Fsp3) is 0.842. The second-order valence-corrected chi connectivity index (χ2v) is 8.79. The van der Waals surface area contributed by atoms with Gasteiger partial charge in [0.1, 0.15) is 5.78 Å². The lowest BCUT2D eigenvalue weighted by molar-refractivity contribution is -0.131. The van der Waals surface area contributed by atoms with Crippen molar-refractivity contribution in [1.82, 2.24) is 0 Å². The number of thiol groups is 1. The molecule has 0 heterocycles. The third-order valence-corrected chi connectivity index (χ3v) is 8.36. The molecule has 0 radical (unpaired) electrons. The van der Waals surface area contributed by atoms with Gasteiger partial charge in [-0.2, -0.15) is 12.6 Å². The molecule has 122 valence electrons. The van der Waals surface area contributed by atoms with Gasteiger partial charge in [0, 0.05) is 17.3 Å². The van der Waals surface area contributed by atoms with Crippen molar-refractivity contribution in [3.05, 3.63) is 11.6 Å². The van der Waals surface area contributed by atoms with Crippen molar-refractivity contribution in [3.63, 3.8) is 0 Å². The average molecular weight is 320 g/mol. The zero-order chi connectivity index (χ0) is 15.5. The minimum absolute atomic E-state index is 0.0432. The summed E-state index contributed by atoms with van der Waals surface area (Å²) in [5, 5.41) is 10.1. The molecule has 0 aromatic heterocycles. The Morgan fingerprint density at radius 1 is 1.27 bits per heavy atom. The summed E-state index contributed by atoms with van der Waals surface area (Å²) in [6.07, 6.45) is 10.4. The Hall–Kier alpha value is -0.280. The van der Waals surface area contributed by atoms with Crippen LogP contribution in [0.4, 0.5) is 0 Å². The number of hydrogen-bond acceptors (Lipinski definition) is 3. The molecule has 6 atom stereocenters. The molecule has 2 nitrogen and oxygen atoms in total. The first-order valence-corrected chi connectivity index (χ1v) is 9.66. The molecule has 0 saturated heterocycles.